The van der Waals surface area contributed by atoms with Gasteiger partial charge in [-0.15, -0.1) is 0 Å². The minimum absolute atomic E-state index is 0.0728. The number of hydrogen-bond acceptors (Lipinski definition) is 7. The van der Waals surface area contributed by atoms with Gasteiger partial charge in [0, 0.05) is 37.2 Å². The minimum atomic E-state index is 0.0728. The van der Waals surface area contributed by atoms with E-state index in [1.807, 2.05) is 41.3 Å². The number of nitrogens with zero attached hydrogens (tertiary/aromatic N) is 2. The van der Waals surface area contributed by atoms with Gasteiger partial charge in [0.25, 0.3) is 0 Å². The van der Waals surface area contributed by atoms with Crippen LogP contribution in [0.2, 0.25) is 0 Å². The summed E-state index contributed by atoms with van der Waals surface area (Å²) in [6, 6.07) is 15.0. The number of methoxy groups -OCH3 is 1. The number of phenolic OH excluding ortho intramolecular Hbond substituents is 1. The lowest BCUT2D eigenvalue weighted by Gasteiger charge is -2.16. The van der Waals surface area contributed by atoms with E-state index in [1.54, 1.807) is 12.1 Å². The number of carbonyl (C=O) groups is 1. The van der Waals surface area contributed by atoms with Gasteiger partial charge < -0.3 is 29.5 Å². The molecular formula is C26H27N3O5. The maximum absolute atomic E-state index is 11.9. The fourth-order valence-corrected chi connectivity index (χ4v) is 4.35. The second kappa shape index (κ2) is 9.51. The lowest BCUT2D eigenvalue weighted by Crippen LogP contribution is -2.27. The van der Waals surface area contributed by atoms with Crippen molar-refractivity contribution in [3.05, 3.63) is 48.5 Å². The molecule has 0 aliphatic carbocycles. The zero-order valence-corrected chi connectivity index (χ0v) is 19.0. The Labute approximate surface area is 198 Å². The van der Waals surface area contributed by atoms with Crippen LogP contribution in [0.3, 0.4) is 0 Å². The molecule has 2 aliphatic heterocycles. The molecular weight excluding hydrogens is 434 g/mol. The van der Waals surface area contributed by atoms with E-state index in [4.69, 9.17) is 19.2 Å². The molecule has 1 saturated heterocycles. The number of anilines is 1. The first kappa shape index (κ1) is 21.9. The minimum Gasteiger partial charge on any atom is -0.504 e. The number of nitrogens with one attached hydrogen (secondary N) is 1. The lowest BCUT2D eigenvalue weighted by atomic mass is 10.0. The van der Waals surface area contributed by atoms with Crippen LogP contribution in [-0.4, -0.2) is 54.4 Å². The van der Waals surface area contributed by atoms with E-state index in [1.165, 1.54) is 7.11 Å². The van der Waals surface area contributed by atoms with Crippen molar-refractivity contribution in [3.8, 4) is 45.4 Å². The monoisotopic (exact) mass is 461 g/mol. The number of fused-ring (bicyclic) bond motifs is 1. The Morgan fingerprint density at radius 2 is 2.06 bits per heavy atom. The largest absolute Gasteiger partial charge is 0.504 e. The zero-order valence-electron chi connectivity index (χ0n) is 19.0. The number of rotatable bonds is 8. The summed E-state index contributed by atoms with van der Waals surface area (Å²) >= 11 is 0. The number of ether oxygens (including phenoxy) is 3. The quantitative estimate of drug-likeness (QED) is 0.484. The number of aromatic nitrogens is 1. The number of likely N-dealkylation sites (tertiary alicyclic amines) is 1. The summed E-state index contributed by atoms with van der Waals surface area (Å²) in [5, 5.41) is 13.4. The van der Waals surface area contributed by atoms with E-state index in [9.17, 15) is 9.90 Å². The number of para-hydroxylation sites is 1. The maximum atomic E-state index is 11.9. The van der Waals surface area contributed by atoms with Gasteiger partial charge in [0.1, 0.15) is 5.82 Å². The summed E-state index contributed by atoms with van der Waals surface area (Å²) in [4.78, 5) is 18.6. The average Bonchev–Trinajstić information content (AvgIpc) is 3.50. The van der Waals surface area contributed by atoms with Crippen molar-refractivity contribution in [3.63, 3.8) is 0 Å². The first-order chi connectivity index (χ1) is 16.6. The van der Waals surface area contributed by atoms with Crippen LogP contribution in [0, 0.1) is 0 Å². The topological polar surface area (TPSA) is 93.2 Å². The molecule has 0 bridgehead atoms. The molecule has 176 valence electrons. The first-order valence-electron chi connectivity index (χ1n) is 11.4. The Morgan fingerprint density at radius 3 is 2.88 bits per heavy atom. The molecule has 0 radical (unpaired) electrons. The van der Waals surface area contributed by atoms with Crippen LogP contribution in [0.15, 0.2) is 48.5 Å². The van der Waals surface area contributed by atoms with E-state index in [2.05, 4.69) is 5.32 Å². The van der Waals surface area contributed by atoms with E-state index in [0.717, 1.165) is 48.3 Å². The molecule has 1 aromatic heterocycles. The standard InChI is InChI=1S/C26H27N3O5/c1-32-23-14-17(8-9-21(23)30)20-13-18(19-5-2-6-22-26(19)34-16-33-22)15-24(28-20)27-10-4-12-29-11-3-7-25(29)31/h2,5-6,8-9,13-15,30H,3-4,7,10-12,16H2,1H3,(H,27,28). The third-order valence-electron chi connectivity index (χ3n) is 6.09. The number of phenols is 1. The molecule has 8 nitrogen and oxygen atoms in total. The molecule has 3 heterocycles. The Hall–Kier alpha value is -3.94. The molecule has 5 rings (SSSR count). The van der Waals surface area contributed by atoms with Crippen molar-refractivity contribution in [2.75, 3.05) is 38.9 Å². The van der Waals surface area contributed by atoms with E-state index >= 15 is 0 Å². The highest BCUT2D eigenvalue weighted by atomic mass is 16.7. The van der Waals surface area contributed by atoms with Crippen LogP contribution in [-0.2, 0) is 4.79 Å². The van der Waals surface area contributed by atoms with E-state index < -0.39 is 0 Å². The maximum Gasteiger partial charge on any atom is 0.231 e. The molecule has 2 aliphatic rings. The molecule has 1 amide bonds. The van der Waals surface area contributed by atoms with Crippen molar-refractivity contribution in [2.45, 2.75) is 19.3 Å². The Balaban J connectivity index is 1.44. The van der Waals surface area contributed by atoms with Crippen LogP contribution < -0.4 is 19.5 Å². The van der Waals surface area contributed by atoms with Gasteiger partial charge in [0.2, 0.25) is 12.7 Å². The van der Waals surface area contributed by atoms with Crippen molar-refractivity contribution >= 4 is 11.7 Å². The van der Waals surface area contributed by atoms with Crippen molar-refractivity contribution < 1.29 is 24.1 Å². The summed E-state index contributed by atoms with van der Waals surface area (Å²) in [6.07, 6.45) is 2.43. The van der Waals surface area contributed by atoms with E-state index in [0.29, 0.717) is 36.0 Å². The van der Waals surface area contributed by atoms with Gasteiger partial charge >= 0.3 is 0 Å². The molecule has 1 fully saturated rings. The predicted molar refractivity (Wildman–Crippen MR) is 128 cm³/mol. The van der Waals surface area contributed by atoms with Crippen LogP contribution in [0.5, 0.6) is 23.0 Å². The van der Waals surface area contributed by atoms with E-state index in [-0.39, 0.29) is 18.4 Å². The second-order valence-corrected chi connectivity index (χ2v) is 8.32. The molecule has 0 atom stereocenters. The smallest absolute Gasteiger partial charge is 0.231 e. The summed E-state index contributed by atoms with van der Waals surface area (Å²) in [6.45, 7) is 2.47. The van der Waals surface area contributed by atoms with Crippen molar-refractivity contribution in [1.82, 2.24) is 9.88 Å². The molecule has 0 unspecified atom stereocenters. The van der Waals surface area contributed by atoms with Crippen LogP contribution >= 0.6 is 0 Å². The average molecular weight is 462 g/mol. The van der Waals surface area contributed by atoms with Crippen LogP contribution in [0.4, 0.5) is 5.82 Å². The highest BCUT2D eigenvalue weighted by Gasteiger charge is 2.21. The number of benzene rings is 2. The first-order valence-corrected chi connectivity index (χ1v) is 11.4. The van der Waals surface area contributed by atoms with Crippen LogP contribution in [0.1, 0.15) is 19.3 Å². The highest BCUT2D eigenvalue weighted by Crippen LogP contribution is 2.42. The van der Waals surface area contributed by atoms with Gasteiger partial charge in [0.05, 0.1) is 12.8 Å². The number of hydrogen-bond donors (Lipinski definition) is 2. The molecule has 34 heavy (non-hydrogen) atoms. The predicted octanol–water partition coefficient (Wildman–Crippen LogP) is 4.28. The molecule has 0 saturated carbocycles. The molecule has 8 heteroatoms. The van der Waals surface area contributed by atoms with Crippen LogP contribution in [0.25, 0.3) is 22.4 Å². The van der Waals surface area contributed by atoms with Gasteiger partial charge in [-0.2, -0.15) is 0 Å². The Morgan fingerprint density at radius 1 is 1.15 bits per heavy atom. The fraction of sp³-hybridized carbons (Fsp3) is 0.308. The summed E-state index contributed by atoms with van der Waals surface area (Å²) in [5.41, 5.74) is 3.38. The third-order valence-corrected chi connectivity index (χ3v) is 6.09. The summed E-state index contributed by atoms with van der Waals surface area (Å²) in [7, 11) is 1.52. The Bertz CT molecular complexity index is 1210. The number of pyridine rings is 1. The number of carbonyl (C=O) groups excluding carboxylic acids is 1. The third kappa shape index (κ3) is 4.44. The molecule has 2 N–H and O–H groups in total. The van der Waals surface area contributed by atoms with Gasteiger partial charge in [-0.05, 0) is 54.8 Å². The van der Waals surface area contributed by atoms with Gasteiger partial charge in [-0.25, -0.2) is 4.98 Å². The van der Waals surface area contributed by atoms with Gasteiger partial charge in [-0.3, -0.25) is 4.79 Å². The van der Waals surface area contributed by atoms with Gasteiger partial charge in [-0.1, -0.05) is 12.1 Å². The second-order valence-electron chi connectivity index (χ2n) is 8.32. The zero-order chi connectivity index (χ0) is 23.5. The fourth-order valence-electron chi connectivity index (χ4n) is 4.35. The number of amides is 1. The summed E-state index contributed by atoms with van der Waals surface area (Å²) < 4.78 is 16.6. The lowest BCUT2D eigenvalue weighted by molar-refractivity contribution is -0.127. The molecule has 3 aromatic rings. The van der Waals surface area contributed by atoms with Gasteiger partial charge in [0.15, 0.2) is 23.0 Å². The number of aromatic hydroxyl groups is 1. The summed E-state index contributed by atoms with van der Waals surface area (Å²) in [5.74, 6) is 2.83. The highest BCUT2D eigenvalue weighted by molar-refractivity contribution is 5.80. The molecule has 0 spiro atoms. The van der Waals surface area contributed by atoms with Crippen molar-refractivity contribution in [2.24, 2.45) is 0 Å². The SMILES string of the molecule is COc1cc(-c2cc(-c3cccc4c3OCO4)cc(NCCCN3CCCC3=O)n2)ccc1O. The van der Waals surface area contributed by atoms with Crippen molar-refractivity contribution in [1.29, 1.82) is 0 Å². The Kier molecular flexibility index (Phi) is 6.12. The molecule has 2 aromatic carbocycles. The normalized spacial score (nSPS) is 14.5.